The second kappa shape index (κ2) is 6.56. The molecule has 1 aromatic carbocycles. The molecule has 0 spiro atoms. The Morgan fingerprint density at radius 3 is 2.77 bits per heavy atom. The van der Waals surface area contributed by atoms with E-state index in [2.05, 4.69) is 9.97 Å². The van der Waals surface area contributed by atoms with Crippen LogP contribution in [-0.4, -0.2) is 40.0 Å². The van der Waals surface area contributed by atoms with Crippen LogP contribution in [0, 0.1) is 6.92 Å². The lowest BCUT2D eigenvalue weighted by molar-refractivity contribution is 0.0515. The van der Waals surface area contributed by atoms with Crippen molar-refractivity contribution in [1.82, 2.24) is 14.9 Å². The molecule has 1 atom stereocenters. The monoisotopic (exact) mass is 297 g/mol. The van der Waals surface area contributed by atoms with E-state index >= 15 is 0 Å². The van der Waals surface area contributed by atoms with Gasteiger partial charge in [-0.05, 0) is 37.5 Å². The minimum atomic E-state index is -0.0517. The fourth-order valence-electron chi connectivity index (χ4n) is 2.70. The highest BCUT2D eigenvalue weighted by Gasteiger charge is 2.26. The lowest BCUT2D eigenvalue weighted by Crippen LogP contribution is -2.44. The number of ether oxygens (including phenoxy) is 1. The molecule has 5 heteroatoms. The van der Waals surface area contributed by atoms with Crippen molar-refractivity contribution in [2.45, 2.75) is 25.9 Å². The van der Waals surface area contributed by atoms with Gasteiger partial charge in [-0.15, -0.1) is 0 Å². The average Bonchev–Trinajstić information content (AvgIpc) is 2.56. The molecule has 22 heavy (non-hydrogen) atoms. The largest absolute Gasteiger partial charge is 0.458 e. The molecule has 2 aromatic rings. The molecule has 0 saturated carbocycles. The van der Waals surface area contributed by atoms with Crippen LogP contribution >= 0.6 is 0 Å². The molecule has 2 heterocycles. The Morgan fingerprint density at radius 1 is 1.23 bits per heavy atom. The van der Waals surface area contributed by atoms with Crippen molar-refractivity contribution in [3.8, 4) is 6.01 Å². The molecule has 0 radical (unpaired) electrons. The summed E-state index contributed by atoms with van der Waals surface area (Å²) in [6.45, 7) is 3.30. The summed E-state index contributed by atoms with van der Waals surface area (Å²) in [5.41, 5.74) is 1.76. The summed E-state index contributed by atoms with van der Waals surface area (Å²) in [4.78, 5) is 22.7. The molecule has 0 unspecified atom stereocenters. The molecular formula is C17H19N3O2. The normalized spacial score (nSPS) is 18.0. The lowest BCUT2D eigenvalue weighted by atomic mass is 10.0. The van der Waals surface area contributed by atoms with Crippen molar-refractivity contribution < 1.29 is 9.53 Å². The van der Waals surface area contributed by atoms with E-state index in [9.17, 15) is 4.79 Å². The van der Waals surface area contributed by atoms with Crippen molar-refractivity contribution >= 4 is 5.91 Å². The number of carbonyl (C=O) groups excluding carboxylic acids is 1. The van der Waals surface area contributed by atoms with E-state index in [4.69, 9.17) is 4.74 Å². The average molecular weight is 297 g/mol. The zero-order chi connectivity index (χ0) is 15.4. The number of likely N-dealkylation sites (tertiary alicyclic amines) is 1. The number of benzene rings is 1. The molecule has 114 valence electrons. The molecule has 1 aromatic heterocycles. The van der Waals surface area contributed by atoms with Crippen LogP contribution < -0.4 is 4.74 Å². The molecule has 0 aliphatic carbocycles. The van der Waals surface area contributed by atoms with Gasteiger partial charge in [0.25, 0.3) is 5.91 Å². The summed E-state index contributed by atoms with van der Waals surface area (Å²) in [5, 5.41) is 0. The Kier molecular flexibility index (Phi) is 4.32. The Balaban J connectivity index is 1.68. The van der Waals surface area contributed by atoms with Gasteiger partial charge in [-0.3, -0.25) is 4.79 Å². The smallest absolute Gasteiger partial charge is 0.316 e. The number of piperidine rings is 1. The molecule has 1 aliphatic heterocycles. The molecule has 1 amide bonds. The third-order valence-corrected chi connectivity index (χ3v) is 3.86. The Hall–Kier alpha value is -2.43. The third kappa shape index (κ3) is 3.24. The minimum absolute atomic E-state index is 0.0517. The Labute approximate surface area is 130 Å². The van der Waals surface area contributed by atoms with Gasteiger partial charge >= 0.3 is 6.01 Å². The van der Waals surface area contributed by atoms with Crippen LogP contribution in [0.2, 0.25) is 0 Å². The number of nitrogens with zero attached hydrogens (tertiary/aromatic N) is 3. The number of aryl methyl sites for hydroxylation is 1. The Morgan fingerprint density at radius 2 is 2.00 bits per heavy atom. The molecule has 0 N–H and O–H groups in total. The van der Waals surface area contributed by atoms with Gasteiger partial charge in [0.05, 0.1) is 6.54 Å². The van der Waals surface area contributed by atoms with Crippen molar-refractivity contribution in [2.75, 3.05) is 13.1 Å². The van der Waals surface area contributed by atoms with Gasteiger partial charge in [0, 0.05) is 24.5 Å². The summed E-state index contributed by atoms with van der Waals surface area (Å²) in [6, 6.07) is 9.81. The van der Waals surface area contributed by atoms with E-state index < -0.39 is 0 Å². The molecular weight excluding hydrogens is 278 g/mol. The van der Waals surface area contributed by atoms with Crippen LogP contribution in [0.3, 0.4) is 0 Å². The van der Waals surface area contributed by atoms with Crippen LogP contribution in [0.15, 0.2) is 42.7 Å². The number of amides is 1. The minimum Gasteiger partial charge on any atom is -0.458 e. The number of aromatic nitrogens is 2. The first-order valence-corrected chi connectivity index (χ1v) is 7.52. The number of rotatable bonds is 3. The zero-order valence-electron chi connectivity index (χ0n) is 12.6. The van der Waals surface area contributed by atoms with Gasteiger partial charge in [-0.1, -0.05) is 18.2 Å². The number of hydrogen-bond donors (Lipinski definition) is 0. The SMILES string of the molecule is Cc1ccccc1C(=O)N1CCC[C@@H](Oc2ncccn2)C1. The quantitative estimate of drug-likeness (QED) is 0.873. The highest BCUT2D eigenvalue weighted by atomic mass is 16.5. The maximum Gasteiger partial charge on any atom is 0.316 e. The summed E-state index contributed by atoms with van der Waals surface area (Å²) in [6.07, 6.45) is 5.09. The molecule has 0 bridgehead atoms. The highest BCUT2D eigenvalue weighted by molar-refractivity contribution is 5.95. The lowest BCUT2D eigenvalue weighted by Gasteiger charge is -2.32. The van der Waals surface area contributed by atoms with E-state index in [0.29, 0.717) is 12.6 Å². The van der Waals surface area contributed by atoms with Crippen molar-refractivity contribution in [1.29, 1.82) is 0 Å². The van der Waals surface area contributed by atoms with Crippen molar-refractivity contribution in [3.63, 3.8) is 0 Å². The van der Waals surface area contributed by atoms with Gasteiger partial charge in [-0.2, -0.15) is 0 Å². The zero-order valence-corrected chi connectivity index (χ0v) is 12.6. The first-order valence-electron chi connectivity index (χ1n) is 7.52. The summed E-state index contributed by atoms with van der Waals surface area (Å²) < 4.78 is 5.79. The fourth-order valence-corrected chi connectivity index (χ4v) is 2.70. The summed E-state index contributed by atoms with van der Waals surface area (Å²) in [7, 11) is 0. The van der Waals surface area contributed by atoms with Gasteiger partial charge in [-0.25, -0.2) is 9.97 Å². The van der Waals surface area contributed by atoms with Crippen molar-refractivity contribution in [2.24, 2.45) is 0 Å². The third-order valence-electron chi connectivity index (χ3n) is 3.86. The van der Waals surface area contributed by atoms with Gasteiger partial charge in [0.15, 0.2) is 0 Å². The predicted molar refractivity (Wildman–Crippen MR) is 82.8 cm³/mol. The molecule has 3 rings (SSSR count). The molecule has 1 aliphatic rings. The molecule has 5 nitrogen and oxygen atoms in total. The summed E-state index contributed by atoms with van der Waals surface area (Å²) >= 11 is 0. The second-order valence-corrected chi connectivity index (χ2v) is 5.48. The standard InChI is InChI=1S/C17H19N3O2/c1-13-6-2-3-8-15(13)16(21)20-11-4-7-14(12-20)22-17-18-9-5-10-19-17/h2-3,5-6,8-10,14H,4,7,11-12H2,1H3/t14-/m1/s1. The second-order valence-electron chi connectivity index (χ2n) is 5.48. The first-order chi connectivity index (χ1) is 10.7. The first kappa shape index (κ1) is 14.5. The highest BCUT2D eigenvalue weighted by Crippen LogP contribution is 2.18. The van der Waals surface area contributed by atoms with Crippen LogP contribution in [0.1, 0.15) is 28.8 Å². The summed E-state index contributed by atoms with van der Waals surface area (Å²) in [5.74, 6) is 0.0698. The van der Waals surface area contributed by atoms with E-state index in [0.717, 1.165) is 30.5 Å². The van der Waals surface area contributed by atoms with Gasteiger partial charge in [0.1, 0.15) is 6.10 Å². The van der Waals surface area contributed by atoms with Gasteiger partial charge < -0.3 is 9.64 Å². The van der Waals surface area contributed by atoms with Crippen LogP contribution in [0.5, 0.6) is 6.01 Å². The van der Waals surface area contributed by atoms with E-state index in [1.54, 1.807) is 18.5 Å². The fraction of sp³-hybridized carbons (Fsp3) is 0.353. The number of carbonyl (C=O) groups is 1. The van der Waals surface area contributed by atoms with E-state index in [-0.39, 0.29) is 12.0 Å². The number of hydrogen-bond acceptors (Lipinski definition) is 4. The van der Waals surface area contributed by atoms with E-state index in [1.165, 1.54) is 0 Å². The topological polar surface area (TPSA) is 55.3 Å². The van der Waals surface area contributed by atoms with Gasteiger partial charge in [0.2, 0.25) is 0 Å². The Bertz CT molecular complexity index is 645. The van der Waals surface area contributed by atoms with E-state index in [1.807, 2.05) is 36.1 Å². The molecule has 1 fully saturated rings. The maximum absolute atomic E-state index is 12.7. The van der Waals surface area contributed by atoms with Crippen LogP contribution in [-0.2, 0) is 0 Å². The predicted octanol–water partition coefficient (Wildman–Crippen LogP) is 2.47. The maximum atomic E-state index is 12.7. The van der Waals surface area contributed by atoms with Crippen molar-refractivity contribution in [3.05, 3.63) is 53.9 Å². The van der Waals surface area contributed by atoms with Crippen LogP contribution in [0.25, 0.3) is 0 Å². The van der Waals surface area contributed by atoms with Crippen LogP contribution in [0.4, 0.5) is 0 Å². The molecule has 1 saturated heterocycles.